The Kier molecular flexibility index (Phi) is 6.45. The van der Waals surface area contributed by atoms with Crippen LogP contribution in [-0.2, 0) is 0 Å². The van der Waals surface area contributed by atoms with Crippen LogP contribution in [-0.4, -0.2) is 71.0 Å². The van der Waals surface area contributed by atoms with E-state index < -0.39 is 0 Å². The second-order valence-electron chi connectivity index (χ2n) is 8.95. The van der Waals surface area contributed by atoms with Gasteiger partial charge in [0.25, 0.3) is 5.91 Å². The topological polar surface area (TPSA) is 52.6 Å². The molecule has 1 amide bonds. The molecule has 3 aliphatic heterocycles. The fourth-order valence-corrected chi connectivity index (χ4v) is 5.04. The second-order valence-corrected chi connectivity index (χ2v) is 8.95. The third-order valence-electron chi connectivity index (χ3n) is 6.69. The fraction of sp³-hybridized carbons (Fsp3) is 0.773. The van der Waals surface area contributed by atoms with Crippen LogP contribution in [0, 0.1) is 5.92 Å². The zero-order valence-corrected chi connectivity index (χ0v) is 17.4. The Labute approximate surface area is 169 Å². The smallest absolute Gasteiger partial charge is 0.257 e. The predicted octanol–water partition coefficient (Wildman–Crippen LogP) is 3.19. The van der Waals surface area contributed by atoms with Gasteiger partial charge in [0, 0.05) is 44.6 Å². The Hall–Kier alpha value is -1.69. The standard InChI is InChI=1S/C22H35N5O/c1-18-7-6-12-26(17-18)22-23-15-19(16-24-22)21(28)27-13-3-2-8-20(27)9-14-25-10-4-5-11-25/h15-16,18,20H,2-14,17H2,1H3/t18-,20-/m1/s1. The van der Waals surface area contributed by atoms with Crippen LogP contribution >= 0.6 is 0 Å². The number of anilines is 1. The largest absolute Gasteiger partial charge is 0.341 e. The number of hydrogen-bond acceptors (Lipinski definition) is 5. The zero-order valence-electron chi connectivity index (χ0n) is 17.4. The van der Waals surface area contributed by atoms with E-state index >= 15 is 0 Å². The van der Waals surface area contributed by atoms with Crippen molar-refractivity contribution in [2.45, 2.75) is 64.3 Å². The minimum Gasteiger partial charge on any atom is -0.341 e. The number of aromatic nitrogens is 2. The number of hydrogen-bond donors (Lipinski definition) is 0. The molecular weight excluding hydrogens is 350 g/mol. The molecule has 0 bridgehead atoms. The van der Waals surface area contributed by atoms with Gasteiger partial charge in [-0.3, -0.25) is 4.79 Å². The van der Waals surface area contributed by atoms with Crippen molar-refractivity contribution in [2.24, 2.45) is 5.92 Å². The Bertz CT molecular complexity index is 643. The first-order valence-electron chi connectivity index (χ1n) is 11.3. The van der Waals surface area contributed by atoms with Crippen LogP contribution in [0.4, 0.5) is 5.95 Å². The van der Waals surface area contributed by atoms with Gasteiger partial charge in [-0.2, -0.15) is 0 Å². The molecule has 4 rings (SSSR count). The third kappa shape index (κ3) is 4.65. The van der Waals surface area contributed by atoms with Crippen LogP contribution in [0.2, 0.25) is 0 Å². The molecule has 3 saturated heterocycles. The third-order valence-corrected chi connectivity index (χ3v) is 6.69. The quantitative estimate of drug-likeness (QED) is 0.779. The van der Waals surface area contributed by atoms with Crippen molar-refractivity contribution in [3.8, 4) is 0 Å². The molecule has 0 aromatic carbocycles. The molecule has 3 aliphatic rings. The fourth-order valence-electron chi connectivity index (χ4n) is 5.04. The summed E-state index contributed by atoms with van der Waals surface area (Å²) >= 11 is 0. The highest BCUT2D eigenvalue weighted by Crippen LogP contribution is 2.24. The van der Waals surface area contributed by atoms with Crippen molar-refractivity contribution in [1.82, 2.24) is 19.8 Å². The highest BCUT2D eigenvalue weighted by atomic mass is 16.2. The number of carbonyl (C=O) groups excluding carboxylic acids is 1. The molecule has 1 aromatic rings. The van der Waals surface area contributed by atoms with E-state index in [0.717, 1.165) is 51.4 Å². The molecule has 2 atom stereocenters. The van der Waals surface area contributed by atoms with Gasteiger partial charge in [0.15, 0.2) is 0 Å². The molecule has 0 aliphatic carbocycles. The molecule has 0 N–H and O–H groups in total. The van der Waals surface area contributed by atoms with Gasteiger partial charge in [-0.15, -0.1) is 0 Å². The van der Waals surface area contributed by atoms with Crippen LogP contribution in [0.1, 0.15) is 68.6 Å². The Morgan fingerprint density at radius 3 is 2.50 bits per heavy atom. The van der Waals surface area contributed by atoms with E-state index in [2.05, 4.69) is 31.6 Å². The van der Waals surface area contributed by atoms with Gasteiger partial charge in [-0.1, -0.05) is 6.92 Å². The summed E-state index contributed by atoms with van der Waals surface area (Å²) in [7, 11) is 0. The molecular formula is C22H35N5O. The Balaban J connectivity index is 1.38. The van der Waals surface area contributed by atoms with Crippen molar-refractivity contribution in [3.05, 3.63) is 18.0 Å². The molecule has 0 radical (unpaired) electrons. The lowest BCUT2D eigenvalue weighted by Crippen LogP contribution is -2.45. The first-order valence-corrected chi connectivity index (χ1v) is 11.3. The maximum atomic E-state index is 13.2. The van der Waals surface area contributed by atoms with Gasteiger partial charge in [0.1, 0.15) is 0 Å². The van der Waals surface area contributed by atoms with Crippen molar-refractivity contribution in [2.75, 3.05) is 44.2 Å². The number of carbonyl (C=O) groups is 1. The number of nitrogens with zero attached hydrogens (tertiary/aromatic N) is 5. The first kappa shape index (κ1) is 19.6. The lowest BCUT2D eigenvalue weighted by atomic mass is 9.98. The molecule has 0 unspecified atom stereocenters. The molecule has 0 saturated carbocycles. The monoisotopic (exact) mass is 385 g/mol. The maximum absolute atomic E-state index is 13.2. The van der Waals surface area contributed by atoms with Gasteiger partial charge < -0.3 is 14.7 Å². The van der Waals surface area contributed by atoms with Crippen LogP contribution in [0.3, 0.4) is 0 Å². The molecule has 0 spiro atoms. The van der Waals surface area contributed by atoms with Crippen LogP contribution in [0.5, 0.6) is 0 Å². The van der Waals surface area contributed by atoms with Gasteiger partial charge in [-0.25, -0.2) is 9.97 Å². The number of amides is 1. The summed E-state index contributed by atoms with van der Waals surface area (Å²) in [4.78, 5) is 29.2. The lowest BCUT2D eigenvalue weighted by molar-refractivity contribution is 0.0587. The minimum atomic E-state index is 0.115. The maximum Gasteiger partial charge on any atom is 0.257 e. The lowest BCUT2D eigenvalue weighted by Gasteiger charge is -2.36. The molecule has 4 heterocycles. The SMILES string of the molecule is C[C@@H]1CCCN(c2ncc(C(=O)N3CCCC[C@@H]3CCN3CCCC3)cn2)C1. The highest BCUT2D eigenvalue weighted by molar-refractivity contribution is 5.94. The van der Waals surface area contributed by atoms with Crippen molar-refractivity contribution in [3.63, 3.8) is 0 Å². The number of rotatable bonds is 5. The van der Waals surface area contributed by atoms with Crippen LogP contribution < -0.4 is 4.90 Å². The van der Waals surface area contributed by atoms with Gasteiger partial charge >= 0.3 is 0 Å². The molecule has 6 nitrogen and oxygen atoms in total. The van der Waals surface area contributed by atoms with Gasteiger partial charge in [0.05, 0.1) is 5.56 Å². The van der Waals surface area contributed by atoms with E-state index in [4.69, 9.17) is 0 Å². The summed E-state index contributed by atoms with van der Waals surface area (Å²) in [6, 6.07) is 0.365. The summed E-state index contributed by atoms with van der Waals surface area (Å²) in [5.74, 6) is 1.57. The Morgan fingerprint density at radius 1 is 1.00 bits per heavy atom. The van der Waals surface area contributed by atoms with Crippen LogP contribution in [0.15, 0.2) is 12.4 Å². The van der Waals surface area contributed by atoms with E-state index in [-0.39, 0.29) is 5.91 Å². The second kappa shape index (κ2) is 9.21. The molecule has 28 heavy (non-hydrogen) atoms. The van der Waals surface area contributed by atoms with Crippen molar-refractivity contribution < 1.29 is 4.79 Å². The summed E-state index contributed by atoms with van der Waals surface area (Å²) in [6.45, 7) is 8.76. The highest BCUT2D eigenvalue weighted by Gasteiger charge is 2.29. The minimum absolute atomic E-state index is 0.115. The van der Waals surface area contributed by atoms with Crippen molar-refractivity contribution in [1.29, 1.82) is 0 Å². The zero-order chi connectivity index (χ0) is 19.3. The molecule has 1 aromatic heterocycles. The average molecular weight is 386 g/mol. The van der Waals surface area contributed by atoms with Gasteiger partial charge in [0.2, 0.25) is 5.95 Å². The summed E-state index contributed by atoms with van der Waals surface area (Å²) in [5.41, 5.74) is 0.641. The van der Waals surface area contributed by atoms with E-state index in [9.17, 15) is 4.79 Å². The molecule has 3 fully saturated rings. The Morgan fingerprint density at radius 2 is 1.75 bits per heavy atom. The predicted molar refractivity (Wildman–Crippen MR) is 112 cm³/mol. The normalized spacial score (nSPS) is 26.6. The van der Waals surface area contributed by atoms with E-state index in [1.165, 1.54) is 45.2 Å². The molecule has 6 heteroatoms. The van der Waals surface area contributed by atoms with Crippen LogP contribution in [0.25, 0.3) is 0 Å². The van der Waals surface area contributed by atoms with E-state index in [0.29, 0.717) is 17.5 Å². The van der Waals surface area contributed by atoms with Crippen molar-refractivity contribution >= 4 is 11.9 Å². The first-order chi connectivity index (χ1) is 13.7. The van der Waals surface area contributed by atoms with Gasteiger partial charge in [-0.05, 0) is 70.4 Å². The van der Waals surface area contributed by atoms with E-state index in [1.807, 2.05) is 0 Å². The summed E-state index contributed by atoms with van der Waals surface area (Å²) < 4.78 is 0. The number of piperidine rings is 2. The van der Waals surface area contributed by atoms with E-state index in [1.54, 1.807) is 12.4 Å². The average Bonchev–Trinajstić information content (AvgIpc) is 3.26. The number of likely N-dealkylation sites (tertiary alicyclic amines) is 2. The summed E-state index contributed by atoms with van der Waals surface area (Å²) in [5, 5.41) is 0. The molecule has 154 valence electrons. The summed E-state index contributed by atoms with van der Waals surface area (Å²) in [6.07, 6.45) is 13.2.